The van der Waals surface area contributed by atoms with Crippen molar-refractivity contribution in [1.82, 2.24) is 0 Å². The molecule has 0 saturated heterocycles. The molecule has 0 fully saturated rings. The van der Waals surface area contributed by atoms with Gasteiger partial charge in [0, 0.05) is 5.69 Å². The van der Waals surface area contributed by atoms with Crippen LogP contribution >= 0.6 is 0 Å². The zero-order chi connectivity index (χ0) is 19.3. The summed E-state index contributed by atoms with van der Waals surface area (Å²) in [5.74, 6) is -1.04. The molecule has 0 aliphatic heterocycles. The lowest BCUT2D eigenvalue weighted by molar-refractivity contribution is -0.152. The van der Waals surface area contributed by atoms with Crippen molar-refractivity contribution < 1.29 is 22.7 Å². The van der Waals surface area contributed by atoms with Gasteiger partial charge in [-0.15, -0.1) is 0 Å². The molecule has 138 valence electrons. The Morgan fingerprint density at radius 2 is 1.65 bits per heavy atom. The van der Waals surface area contributed by atoms with E-state index in [0.717, 1.165) is 11.1 Å². The lowest BCUT2D eigenvalue weighted by atomic mass is 10.1. The Hall–Kier alpha value is -2.71. The van der Waals surface area contributed by atoms with Gasteiger partial charge >= 0.3 is 5.97 Å². The SMILES string of the molecule is Cc1ccc(CC(=O)O[C@H](C)C(=O)Nc2ccc(S(N)(=O)=O)cc2)cc1. The molecule has 0 aromatic heterocycles. The van der Waals surface area contributed by atoms with E-state index in [1.54, 1.807) is 0 Å². The summed E-state index contributed by atoms with van der Waals surface area (Å²) in [5, 5.41) is 7.56. The van der Waals surface area contributed by atoms with Crippen LogP contribution in [-0.4, -0.2) is 26.4 Å². The van der Waals surface area contributed by atoms with Gasteiger partial charge in [-0.2, -0.15) is 0 Å². The minimum atomic E-state index is -3.79. The van der Waals surface area contributed by atoms with Crippen molar-refractivity contribution in [3.8, 4) is 0 Å². The Labute approximate surface area is 152 Å². The molecule has 2 aromatic carbocycles. The molecule has 0 heterocycles. The number of aryl methyl sites for hydroxylation is 1. The van der Waals surface area contributed by atoms with Crippen LogP contribution < -0.4 is 10.5 Å². The maximum absolute atomic E-state index is 12.1. The van der Waals surface area contributed by atoms with E-state index >= 15 is 0 Å². The van der Waals surface area contributed by atoms with Gasteiger partial charge in [-0.3, -0.25) is 9.59 Å². The first-order valence-electron chi connectivity index (χ1n) is 7.84. The average Bonchev–Trinajstić information content (AvgIpc) is 2.56. The van der Waals surface area contributed by atoms with Gasteiger partial charge in [0.1, 0.15) is 0 Å². The Morgan fingerprint density at radius 3 is 2.19 bits per heavy atom. The van der Waals surface area contributed by atoms with E-state index in [2.05, 4.69) is 5.32 Å². The summed E-state index contributed by atoms with van der Waals surface area (Å²) in [7, 11) is -3.79. The molecule has 1 amide bonds. The fraction of sp³-hybridized carbons (Fsp3) is 0.222. The van der Waals surface area contributed by atoms with Crippen molar-refractivity contribution in [3.05, 3.63) is 59.7 Å². The number of esters is 1. The number of nitrogens with one attached hydrogen (secondary N) is 1. The third-order valence-electron chi connectivity index (χ3n) is 3.60. The van der Waals surface area contributed by atoms with Gasteiger partial charge < -0.3 is 10.1 Å². The zero-order valence-electron chi connectivity index (χ0n) is 14.4. The number of rotatable bonds is 6. The average molecular weight is 376 g/mol. The number of primary sulfonamides is 1. The molecule has 26 heavy (non-hydrogen) atoms. The Kier molecular flexibility index (Phi) is 6.12. The van der Waals surface area contributed by atoms with Crippen LogP contribution in [0.4, 0.5) is 5.69 Å². The van der Waals surface area contributed by atoms with Gasteiger partial charge in [0.15, 0.2) is 6.10 Å². The topological polar surface area (TPSA) is 116 Å². The molecule has 0 aliphatic rings. The molecule has 0 aliphatic carbocycles. The van der Waals surface area contributed by atoms with E-state index in [-0.39, 0.29) is 11.3 Å². The highest BCUT2D eigenvalue weighted by molar-refractivity contribution is 7.89. The second-order valence-corrected chi connectivity index (χ2v) is 7.41. The molecular formula is C18H20N2O5S. The number of ether oxygens (including phenoxy) is 1. The maximum atomic E-state index is 12.1. The van der Waals surface area contributed by atoms with Crippen molar-refractivity contribution in [2.45, 2.75) is 31.3 Å². The smallest absolute Gasteiger partial charge is 0.311 e. The minimum absolute atomic E-state index is 0.0620. The first-order valence-corrected chi connectivity index (χ1v) is 9.38. The first-order chi connectivity index (χ1) is 12.1. The number of nitrogens with two attached hydrogens (primary N) is 1. The van der Waals surface area contributed by atoms with Gasteiger partial charge in [-0.05, 0) is 43.7 Å². The largest absolute Gasteiger partial charge is 0.452 e. The van der Waals surface area contributed by atoms with Crippen molar-refractivity contribution >= 4 is 27.6 Å². The van der Waals surface area contributed by atoms with Gasteiger partial charge in [-0.1, -0.05) is 29.8 Å². The lowest BCUT2D eigenvalue weighted by Gasteiger charge is -2.14. The first kappa shape index (κ1) is 19.6. The summed E-state index contributed by atoms with van der Waals surface area (Å²) >= 11 is 0. The number of anilines is 1. The number of benzene rings is 2. The van der Waals surface area contributed by atoms with Crippen LogP contribution in [0.25, 0.3) is 0 Å². The predicted octanol–water partition coefficient (Wildman–Crippen LogP) is 1.76. The van der Waals surface area contributed by atoms with Crippen molar-refractivity contribution in [2.75, 3.05) is 5.32 Å². The number of sulfonamides is 1. The highest BCUT2D eigenvalue weighted by Gasteiger charge is 2.18. The van der Waals surface area contributed by atoms with E-state index in [9.17, 15) is 18.0 Å². The third kappa shape index (κ3) is 5.68. The molecule has 0 spiro atoms. The normalized spacial score (nSPS) is 12.3. The van der Waals surface area contributed by atoms with Crippen LogP contribution in [0.3, 0.4) is 0 Å². The predicted molar refractivity (Wildman–Crippen MR) is 96.9 cm³/mol. The molecule has 3 N–H and O–H groups in total. The summed E-state index contributed by atoms with van der Waals surface area (Å²) in [6, 6.07) is 12.8. The summed E-state index contributed by atoms with van der Waals surface area (Å²) in [6.07, 6.45) is -0.924. The number of hydrogen-bond acceptors (Lipinski definition) is 5. The van der Waals surface area contributed by atoms with E-state index in [1.165, 1.54) is 31.2 Å². The fourth-order valence-corrected chi connectivity index (χ4v) is 2.65. The zero-order valence-corrected chi connectivity index (χ0v) is 15.2. The molecule has 0 radical (unpaired) electrons. The molecule has 0 bridgehead atoms. The molecule has 2 aromatic rings. The van der Waals surface area contributed by atoms with Gasteiger partial charge in [0.05, 0.1) is 11.3 Å². The quantitative estimate of drug-likeness (QED) is 0.745. The highest BCUT2D eigenvalue weighted by Crippen LogP contribution is 2.13. The van der Waals surface area contributed by atoms with Crippen molar-refractivity contribution in [1.29, 1.82) is 0 Å². The monoisotopic (exact) mass is 376 g/mol. The fourth-order valence-electron chi connectivity index (χ4n) is 2.14. The highest BCUT2D eigenvalue weighted by atomic mass is 32.2. The summed E-state index contributed by atoms with van der Waals surface area (Å²) in [6.45, 7) is 3.41. The van der Waals surface area contributed by atoms with Crippen molar-refractivity contribution in [2.24, 2.45) is 5.14 Å². The van der Waals surface area contributed by atoms with E-state index in [1.807, 2.05) is 31.2 Å². The van der Waals surface area contributed by atoms with Crippen LogP contribution in [0.15, 0.2) is 53.4 Å². The van der Waals surface area contributed by atoms with Crippen molar-refractivity contribution in [3.63, 3.8) is 0 Å². The number of carbonyl (C=O) groups excluding carboxylic acids is 2. The van der Waals surface area contributed by atoms with Crippen LogP contribution in [0.1, 0.15) is 18.1 Å². The summed E-state index contributed by atoms with van der Waals surface area (Å²) < 4.78 is 27.5. The minimum Gasteiger partial charge on any atom is -0.452 e. The molecule has 0 unspecified atom stereocenters. The van der Waals surface area contributed by atoms with Crippen LogP contribution in [0, 0.1) is 6.92 Å². The van der Waals surface area contributed by atoms with E-state index in [0.29, 0.717) is 5.69 Å². The molecule has 0 saturated carbocycles. The number of carbonyl (C=O) groups is 2. The molecule has 2 rings (SSSR count). The van der Waals surface area contributed by atoms with E-state index < -0.39 is 28.0 Å². The molecular weight excluding hydrogens is 356 g/mol. The standard InChI is InChI=1S/C18H20N2O5S/c1-12-3-5-14(6-4-12)11-17(21)25-13(2)18(22)20-15-7-9-16(10-8-15)26(19,23)24/h3-10,13H,11H2,1-2H3,(H,20,22)(H2,19,23,24)/t13-/m1/s1. The summed E-state index contributed by atoms with van der Waals surface area (Å²) in [4.78, 5) is 24.0. The molecule has 8 heteroatoms. The Bertz CT molecular complexity index is 890. The molecule has 7 nitrogen and oxygen atoms in total. The van der Waals surface area contributed by atoms with Crippen LogP contribution in [0.5, 0.6) is 0 Å². The van der Waals surface area contributed by atoms with Crippen LogP contribution in [0.2, 0.25) is 0 Å². The lowest BCUT2D eigenvalue weighted by Crippen LogP contribution is -2.30. The molecule has 1 atom stereocenters. The van der Waals surface area contributed by atoms with Gasteiger partial charge in [0.25, 0.3) is 5.91 Å². The number of hydrogen-bond donors (Lipinski definition) is 2. The van der Waals surface area contributed by atoms with Crippen LogP contribution in [-0.2, 0) is 30.8 Å². The van der Waals surface area contributed by atoms with Gasteiger partial charge in [0.2, 0.25) is 10.0 Å². The Balaban J connectivity index is 1.90. The van der Waals surface area contributed by atoms with E-state index in [4.69, 9.17) is 9.88 Å². The maximum Gasteiger partial charge on any atom is 0.311 e. The second kappa shape index (κ2) is 8.11. The second-order valence-electron chi connectivity index (χ2n) is 5.85. The number of amides is 1. The summed E-state index contributed by atoms with van der Waals surface area (Å²) in [5.41, 5.74) is 2.25. The Morgan fingerprint density at radius 1 is 1.08 bits per heavy atom. The van der Waals surface area contributed by atoms with Gasteiger partial charge in [-0.25, -0.2) is 13.6 Å². The third-order valence-corrected chi connectivity index (χ3v) is 4.53.